The Morgan fingerprint density at radius 3 is 2.50 bits per heavy atom. The predicted molar refractivity (Wildman–Crippen MR) is 80.2 cm³/mol. The molecule has 0 fully saturated rings. The molecule has 3 nitrogen and oxygen atoms in total. The fourth-order valence-corrected chi connectivity index (χ4v) is 2.25. The van der Waals surface area contributed by atoms with Crippen LogP contribution in [0.25, 0.3) is 10.8 Å². The van der Waals surface area contributed by atoms with E-state index in [1.807, 2.05) is 60.8 Å². The average molecular weight is 259 g/mol. The highest BCUT2D eigenvalue weighted by atomic mass is 14.9. The van der Waals surface area contributed by atoms with Crippen LogP contribution in [0, 0.1) is 11.3 Å². The van der Waals surface area contributed by atoms with Crippen molar-refractivity contribution in [1.29, 1.82) is 5.26 Å². The third kappa shape index (κ3) is 2.32. The first kappa shape index (κ1) is 12.2. The molecule has 1 heterocycles. The van der Waals surface area contributed by atoms with Gasteiger partial charge in [-0.05, 0) is 17.5 Å². The van der Waals surface area contributed by atoms with Crippen LogP contribution in [-0.4, -0.2) is 4.98 Å². The second kappa shape index (κ2) is 5.41. The molecule has 3 heteroatoms. The van der Waals surface area contributed by atoms with Gasteiger partial charge >= 0.3 is 0 Å². The molecule has 0 aliphatic carbocycles. The molecule has 0 bridgehead atoms. The summed E-state index contributed by atoms with van der Waals surface area (Å²) in [6.45, 7) is 0. The highest BCUT2D eigenvalue weighted by molar-refractivity contribution is 5.85. The topological polar surface area (TPSA) is 48.7 Å². The Morgan fingerprint density at radius 2 is 1.70 bits per heavy atom. The number of nitrogens with one attached hydrogen (secondary N) is 1. The minimum atomic E-state index is -0.420. The third-order valence-electron chi connectivity index (χ3n) is 3.22. The Balaban J connectivity index is 2.02. The summed E-state index contributed by atoms with van der Waals surface area (Å²) in [5.41, 5.74) is 1.82. The maximum Gasteiger partial charge on any atom is 0.142 e. The first-order valence-corrected chi connectivity index (χ1v) is 6.42. The van der Waals surface area contributed by atoms with E-state index in [-0.39, 0.29) is 0 Å². The van der Waals surface area contributed by atoms with Crippen molar-refractivity contribution in [3.8, 4) is 6.07 Å². The summed E-state index contributed by atoms with van der Waals surface area (Å²) in [4.78, 5) is 4.23. The molecule has 0 aliphatic heterocycles. The van der Waals surface area contributed by atoms with Crippen LogP contribution < -0.4 is 5.32 Å². The number of hydrogen-bond acceptors (Lipinski definition) is 3. The summed E-state index contributed by atoms with van der Waals surface area (Å²) in [6, 6.07) is 19.6. The number of nitrogens with zero attached hydrogens (tertiary/aromatic N) is 2. The van der Waals surface area contributed by atoms with E-state index < -0.39 is 6.04 Å². The molecule has 1 N–H and O–H groups in total. The smallest absolute Gasteiger partial charge is 0.142 e. The number of aromatic nitrogens is 1. The standard InChI is InChI=1S/C17H13N3/c18-10-17(20-14-7-2-1-3-8-14)16-12-19-11-13-6-4-5-9-15(13)16/h1-9,11-12,17,20H. The van der Waals surface area contributed by atoms with E-state index >= 15 is 0 Å². The summed E-state index contributed by atoms with van der Waals surface area (Å²) in [5.74, 6) is 0. The van der Waals surface area contributed by atoms with E-state index in [0.29, 0.717) is 0 Å². The summed E-state index contributed by atoms with van der Waals surface area (Å²) in [6.07, 6.45) is 3.57. The van der Waals surface area contributed by atoms with Gasteiger partial charge in [-0.2, -0.15) is 5.26 Å². The molecule has 96 valence electrons. The third-order valence-corrected chi connectivity index (χ3v) is 3.22. The molecule has 20 heavy (non-hydrogen) atoms. The van der Waals surface area contributed by atoms with Gasteiger partial charge in [0.25, 0.3) is 0 Å². The molecular weight excluding hydrogens is 246 g/mol. The van der Waals surface area contributed by atoms with Gasteiger partial charge in [0.1, 0.15) is 6.04 Å². The van der Waals surface area contributed by atoms with E-state index in [0.717, 1.165) is 22.0 Å². The number of hydrogen-bond donors (Lipinski definition) is 1. The highest BCUT2D eigenvalue weighted by Gasteiger charge is 2.13. The molecule has 0 saturated heterocycles. The van der Waals surface area contributed by atoms with E-state index in [2.05, 4.69) is 16.4 Å². The van der Waals surface area contributed by atoms with Crippen LogP contribution in [0.4, 0.5) is 5.69 Å². The zero-order chi connectivity index (χ0) is 13.8. The Bertz CT molecular complexity index is 755. The van der Waals surface area contributed by atoms with Crippen molar-refractivity contribution in [2.75, 3.05) is 5.32 Å². The SMILES string of the molecule is N#CC(Nc1ccccc1)c1cncc2ccccc12. The largest absolute Gasteiger partial charge is 0.366 e. The molecule has 0 aliphatic rings. The van der Waals surface area contributed by atoms with Crippen LogP contribution in [0.2, 0.25) is 0 Å². The van der Waals surface area contributed by atoms with Crippen LogP contribution >= 0.6 is 0 Å². The normalized spacial score (nSPS) is 11.8. The molecule has 1 aromatic heterocycles. The molecule has 0 amide bonds. The molecule has 3 rings (SSSR count). The van der Waals surface area contributed by atoms with Crippen molar-refractivity contribution in [3.63, 3.8) is 0 Å². The zero-order valence-electron chi connectivity index (χ0n) is 10.8. The zero-order valence-corrected chi connectivity index (χ0v) is 10.8. The lowest BCUT2D eigenvalue weighted by Crippen LogP contribution is -2.09. The first-order chi connectivity index (χ1) is 9.88. The average Bonchev–Trinajstić information content (AvgIpc) is 2.53. The molecule has 3 aromatic rings. The van der Waals surface area contributed by atoms with Crippen molar-refractivity contribution >= 4 is 16.5 Å². The van der Waals surface area contributed by atoms with E-state index in [9.17, 15) is 5.26 Å². The predicted octanol–water partition coefficient (Wildman–Crippen LogP) is 3.91. The minimum absolute atomic E-state index is 0.420. The molecule has 0 spiro atoms. The summed E-state index contributed by atoms with van der Waals surface area (Å²) in [5, 5.41) is 14.8. The lowest BCUT2D eigenvalue weighted by atomic mass is 10.0. The summed E-state index contributed by atoms with van der Waals surface area (Å²) < 4.78 is 0. The molecular formula is C17H13N3. The maximum atomic E-state index is 9.46. The van der Waals surface area contributed by atoms with Gasteiger partial charge in [-0.3, -0.25) is 4.98 Å². The van der Waals surface area contributed by atoms with Crippen LogP contribution in [-0.2, 0) is 0 Å². The van der Waals surface area contributed by atoms with Crippen LogP contribution in [0.1, 0.15) is 11.6 Å². The number of fused-ring (bicyclic) bond motifs is 1. The van der Waals surface area contributed by atoms with E-state index in [1.54, 1.807) is 6.20 Å². The van der Waals surface area contributed by atoms with Crippen LogP contribution in [0.15, 0.2) is 67.0 Å². The number of para-hydroxylation sites is 1. The van der Waals surface area contributed by atoms with Crippen molar-refractivity contribution < 1.29 is 0 Å². The second-order valence-electron chi connectivity index (χ2n) is 4.52. The van der Waals surface area contributed by atoms with Crippen LogP contribution in [0.3, 0.4) is 0 Å². The second-order valence-corrected chi connectivity index (χ2v) is 4.52. The molecule has 2 aromatic carbocycles. The Morgan fingerprint density at radius 1 is 0.950 bits per heavy atom. The number of rotatable bonds is 3. The van der Waals surface area contributed by atoms with E-state index in [1.165, 1.54) is 0 Å². The summed E-state index contributed by atoms with van der Waals surface area (Å²) in [7, 11) is 0. The fraction of sp³-hybridized carbons (Fsp3) is 0.0588. The number of nitriles is 1. The minimum Gasteiger partial charge on any atom is -0.366 e. The summed E-state index contributed by atoms with van der Waals surface area (Å²) >= 11 is 0. The van der Waals surface area contributed by atoms with Gasteiger partial charge < -0.3 is 5.32 Å². The van der Waals surface area contributed by atoms with Crippen molar-refractivity contribution in [2.24, 2.45) is 0 Å². The molecule has 1 atom stereocenters. The van der Waals surface area contributed by atoms with Gasteiger partial charge in [-0.15, -0.1) is 0 Å². The van der Waals surface area contributed by atoms with Gasteiger partial charge in [0.05, 0.1) is 6.07 Å². The van der Waals surface area contributed by atoms with Gasteiger partial charge in [-0.25, -0.2) is 0 Å². The highest BCUT2D eigenvalue weighted by Crippen LogP contribution is 2.25. The Hall–Kier alpha value is -2.86. The van der Waals surface area contributed by atoms with E-state index in [4.69, 9.17) is 0 Å². The van der Waals surface area contributed by atoms with Crippen molar-refractivity contribution in [3.05, 3.63) is 72.6 Å². The molecule has 0 radical (unpaired) electrons. The van der Waals surface area contributed by atoms with Crippen molar-refractivity contribution in [2.45, 2.75) is 6.04 Å². The van der Waals surface area contributed by atoms with Crippen LogP contribution in [0.5, 0.6) is 0 Å². The number of benzene rings is 2. The Kier molecular flexibility index (Phi) is 3.30. The van der Waals surface area contributed by atoms with Gasteiger partial charge in [0, 0.05) is 29.0 Å². The number of pyridine rings is 1. The maximum absolute atomic E-state index is 9.46. The Labute approximate surface area is 117 Å². The lowest BCUT2D eigenvalue weighted by Gasteiger charge is -2.15. The lowest BCUT2D eigenvalue weighted by molar-refractivity contribution is 0.997. The number of anilines is 1. The monoisotopic (exact) mass is 259 g/mol. The molecule has 0 saturated carbocycles. The van der Waals surface area contributed by atoms with Gasteiger partial charge in [0.15, 0.2) is 0 Å². The quantitative estimate of drug-likeness (QED) is 0.775. The van der Waals surface area contributed by atoms with Gasteiger partial charge in [-0.1, -0.05) is 42.5 Å². The first-order valence-electron chi connectivity index (χ1n) is 6.42. The molecule has 1 unspecified atom stereocenters. The fourth-order valence-electron chi connectivity index (χ4n) is 2.25. The van der Waals surface area contributed by atoms with Gasteiger partial charge in [0.2, 0.25) is 0 Å². The van der Waals surface area contributed by atoms with Crippen molar-refractivity contribution in [1.82, 2.24) is 4.98 Å².